The van der Waals surface area contributed by atoms with Crippen molar-refractivity contribution in [1.82, 2.24) is 9.55 Å². The number of nitrogens with zero attached hydrogens (tertiary/aromatic N) is 2. The quantitative estimate of drug-likeness (QED) is 0.405. The van der Waals surface area contributed by atoms with Crippen molar-refractivity contribution in [3.8, 4) is 11.5 Å². The summed E-state index contributed by atoms with van der Waals surface area (Å²) >= 11 is 2.67. The van der Waals surface area contributed by atoms with Crippen LogP contribution in [-0.2, 0) is 7.05 Å². The molecule has 0 radical (unpaired) electrons. The Morgan fingerprint density at radius 3 is 3.04 bits per heavy atom. The molecule has 3 heterocycles. The number of rotatable bonds is 4. The SMILES string of the molecule is Cn1c(SCC(=O)c2ccc3c(c2)OCO3)nc2sccc2c1=O. The van der Waals surface area contributed by atoms with Crippen molar-refractivity contribution in [2.45, 2.75) is 5.16 Å². The predicted octanol–water partition coefficient (Wildman–Crippen LogP) is 2.70. The highest BCUT2D eigenvalue weighted by Gasteiger charge is 2.17. The van der Waals surface area contributed by atoms with E-state index in [1.54, 1.807) is 31.3 Å². The Labute approximate surface area is 145 Å². The number of thiophene rings is 1. The Kier molecular flexibility index (Phi) is 3.78. The van der Waals surface area contributed by atoms with Gasteiger partial charge in [-0.1, -0.05) is 11.8 Å². The van der Waals surface area contributed by atoms with Crippen molar-refractivity contribution in [3.63, 3.8) is 0 Å². The third kappa shape index (κ3) is 2.57. The molecule has 6 nitrogen and oxygen atoms in total. The third-order valence-corrected chi connectivity index (χ3v) is 5.53. The lowest BCUT2D eigenvalue weighted by molar-refractivity contribution is 0.102. The summed E-state index contributed by atoms with van der Waals surface area (Å²) in [6.07, 6.45) is 0. The van der Waals surface area contributed by atoms with Gasteiger partial charge < -0.3 is 9.47 Å². The fraction of sp³-hybridized carbons (Fsp3) is 0.188. The first-order valence-electron chi connectivity index (χ1n) is 7.13. The zero-order valence-corrected chi connectivity index (χ0v) is 14.3. The van der Waals surface area contributed by atoms with Crippen LogP contribution in [0.5, 0.6) is 11.5 Å². The molecule has 0 fully saturated rings. The van der Waals surface area contributed by atoms with E-state index in [4.69, 9.17) is 9.47 Å². The number of ether oxygens (including phenoxy) is 2. The monoisotopic (exact) mass is 360 g/mol. The molecule has 4 rings (SSSR count). The van der Waals surface area contributed by atoms with Gasteiger partial charge in [0.05, 0.1) is 11.1 Å². The Morgan fingerprint density at radius 1 is 1.33 bits per heavy atom. The molecular weight excluding hydrogens is 348 g/mol. The van der Waals surface area contributed by atoms with Gasteiger partial charge in [0.1, 0.15) is 4.83 Å². The molecule has 0 saturated carbocycles. The lowest BCUT2D eigenvalue weighted by Crippen LogP contribution is -2.19. The van der Waals surface area contributed by atoms with Gasteiger partial charge in [-0.15, -0.1) is 11.3 Å². The standard InChI is InChI=1S/C16H12N2O4S2/c1-18-15(20)10-4-5-23-14(10)17-16(18)24-7-11(19)9-2-3-12-13(6-9)22-8-21-12/h2-6H,7-8H2,1H3. The summed E-state index contributed by atoms with van der Waals surface area (Å²) in [6.45, 7) is 0.175. The molecule has 0 aliphatic carbocycles. The number of aromatic nitrogens is 2. The van der Waals surface area contributed by atoms with Gasteiger partial charge in [0, 0.05) is 12.6 Å². The maximum atomic E-state index is 12.4. The topological polar surface area (TPSA) is 70.4 Å². The van der Waals surface area contributed by atoms with E-state index in [9.17, 15) is 9.59 Å². The summed E-state index contributed by atoms with van der Waals surface area (Å²) in [6, 6.07) is 6.89. The number of benzene rings is 1. The molecule has 122 valence electrons. The number of carbonyl (C=O) groups excluding carboxylic acids is 1. The highest BCUT2D eigenvalue weighted by Crippen LogP contribution is 2.33. The average Bonchev–Trinajstić information content (AvgIpc) is 3.24. The highest BCUT2D eigenvalue weighted by atomic mass is 32.2. The van der Waals surface area contributed by atoms with Crippen molar-refractivity contribution in [2.75, 3.05) is 12.5 Å². The normalized spacial score (nSPS) is 12.7. The lowest BCUT2D eigenvalue weighted by atomic mass is 10.1. The molecule has 1 aliphatic rings. The molecule has 0 unspecified atom stereocenters. The van der Waals surface area contributed by atoms with Crippen molar-refractivity contribution < 1.29 is 14.3 Å². The molecule has 24 heavy (non-hydrogen) atoms. The number of hydrogen-bond acceptors (Lipinski definition) is 7. The largest absolute Gasteiger partial charge is 0.454 e. The molecular formula is C16H12N2O4S2. The van der Waals surface area contributed by atoms with Gasteiger partial charge in [-0.05, 0) is 29.6 Å². The molecule has 0 spiro atoms. The first kappa shape index (κ1) is 15.2. The van der Waals surface area contributed by atoms with Gasteiger partial charge in [0.25, 0.3) is 5.56 Å². The summed E-state index contributed by atoms with van der Waals surface area (Å²) in [5, 5.41) is 2.98. The van der Waals surface area contributed by atoms with Crippen LogP contribution in [0.15, 0.2) is 39.6 Å². The maximum Gasteiger partial charge on any atom is 0.262 e. The Bertz CT molecular complexity index is 1010. The van der Waals surface area contributed by atoms with Crippen LogP contribution < -0.4 is 15.0 Å². The van der Waals surface area contributed by atoms with Crippen LogP contribution in [-0.4, -0.2) is 27.9 Å². The van der Waals surface area contributed by atoms with Gasteiger partial charge in [-0.3, -0.25) is 14.2 Å². The zero-order valence-electron chi connectivity index (χ0n) is 12.6. The van der Waals surface area contributed by atoms with Crippen LogP contribution in [0.1, 0.15) is 10.4 Å². The van der Waals surface area contributed by atoms with Gasteiger partial charge in [0.15, 0.2) is 22.4 Å². The van der Waals surface area contributed by atoms with Gasteiger partial charge in [0.2, 0.25) is 6.79 Å². The minimum absolute atomic E-state index is 0.0566. The van der Waals surface area contributed by atoms with Gasteiger partial charge >= 0.3 is 0 Å². The molecule has 0 atom stereocenters. The molecule has 0 saturated heterocycles. The summed E-state index contributed by atoms with van der Waals surface area (Å²) in [5.74, 6) is 1.36. The number of Topliss-reactive ketones (excluding diaryl/α,β-unsaturated/α-hetero) is 1. The second kappa shape index (κ2) is 5.95. The fourth-order valence-electron chi connectivity index (χ4n) is 2.39. The van der Waals surface area contributed by atoms with Crippen molar-refractivity contribution in [2.24, 2.45) is 7.05 Å². The molecule has 0 bridgehead atoms. The van der Waals surface area contributed by atoms with E-state index in [-0.39, 0.29) is 23.9 Å². The Balaban J connectivity index is 1.55. The third-order valence-electron chi connectivity index (χ3n) is 3.69. The van der Waals surface area contributed by atoms with Gasteiger partial charge in [-0.2, -0.15) is 0 Å². The molecule has 3 aromatic rings. The van der Waals surface area contributed by atoms with Gasteiger partial charge in [-0.25, -0.2) is 4.98 Å². The van der Waals surface area contributed by atoms with E-state index in [1.807, 2.05) is 5.38 Å². The molecule has 0 amide bonds. The fourth-order valence-corrected chi connectivity index (χ4v) is 4.06. The predicted molar refractivity (Wildman–Crippen MR) is 92.5 cm³/mol. The molecule has 1 aliphatic heterocycles. The van der Waals surface area contributed by atoms with E-state index in [0.29, 0.717) is 32.4 Å². The number of carbonyl (C=O) groups is 1. The zero-order chi connectivity index (χ0) is 16.7. The second-order valence-electron chi connectivity index (χ2n) is 5.18. The summed E-state index contributed by atoms with van der Waals surface area (Å²) in [7, 11) is 1.67. The van der Waals surface area contributed by atoms with E-state index in [2.05, 4.69) is 4.98 Å². The molecule has 8 heteroatoms. The number of hydrogen-bond donors (Lipinski definition) is 0. The van der Waals surface area contributed by atoms with Crippen LogP contribution in [0.25, 0.3) is 10.2 Å². The number of thioether (sulfide) groups is 1. The van der Waals surface area contributed by atoms with Crippen molar-refractivity contribution >= 4 is 39.1 Å². The van der Waals surface area contributed by atoms with Crippen LogP contribution in [0, 0.1) is 0 Å². The first-order chi connectivity index (χ1) is 11.6. The molecule has 0 N–H and O–H groups in total. The van der Waals surface area contributed by atoms with Crippen LogP contribution >= 0.6 is 23.1 Å². The summed E-state index contributed by atoms with van der Waals surface area (Å²) in [4.78, 5) is 29.8. The average molecular weight is 360 g/mol. The molecule has 1 aromatic carbocycles. The molecule has 2 aromatic heterocycles. The minimum atomic E-state index is -0.0979. The van der Waals surface area contributed by atoms with E-state index >= 15 is 0 Å². The second-order valence-corrected chi connectivity index (χ2v) is 7.01. The summed E-state index contributed by atoms with van der Waals surface area (Å²) < 4.78 is 12.0. The maximum absolute atomic E-state index is 12.4. The lowest BCUT2D eigenvalue weighted by Gasteiger charge is -2.07. The first-order valence-corrected chi connectivity index (χ1v) is 9.00. The number of ketones is 1. The van der Waals surface area contributed by atoms with Crippen LogP contribution in [0.3, 0.4) is 0 Å². The van der Waals surface area contributed by atoms with Crippen molar-refractivity contribution in [3.05, 3.63) is 45.6 Å². The highest BCUT2D eigenvalue weighted by molar-refractivity contribution is 7.99. The van der Waals surface area contributed by atoms with E-state index in [0.717, 1.165) is 0 Å². The van der Waals surface area contributed by atoms with E-state index in [1.165, 1.54) is 27.7 Å². The van der Waals surface area contributed by atoms with Crippen LogP contribution in [0.4, 0.5) is 0 Å². The van der Waals surface area contributed by atoms with Crippen LogP contribution in [0.2, 0.25) is 0 Å². The smallest absolute Gasteiger partial charge is 0.262 e. The number of fused-ring (bicyclic) bond motifs is 2. The van der Waals surface area contributed by atoms with Crippen molar-refractivity contribution in [1.29, 1.82) is 0 Å². The summed E-state index contributed by atoms with van der Waals surface area (Å²) in [5.41, 5.74) is 0.452. The Hall–Kier alpha value is -2.32. The minimum Gasteiger partial charge on any atom is -0.454 e. The van der Waals surface area contributed by atoms with E-state index < -0.39 is 0 Å². The Morgan fingerprint density at radius 2 is 2.17 bits per heavy atom.